The highest BCUT2D eigenvalue weighted by atomic mass is 19.4. The van der Waals surface area contributed by atoms with Crippen molar-refractivity contribution in [3.8, 4) is 6.07 Å². The molecule has 1 aliphatic rings. The lowest BCUT2D eigenvalue weighted by Gasteiger charge is -2.14. The fourth-order valence-corrected chi connectivity index (χ4v) is 2.99. The van der Waals surface area contributed by atoms with Crippen LogP contribution in [0.4, 0.5) is 18.9 Å². The number of carbonyl (C=O) groups is 1. The molecule has 0 unspecified atom stereocenters. The standard InChI is InChI=1S/C17H15F3N4O/c18-17(19,20)16-13-3-1-2-4-14(13)24(23-16)10-15(25)22-12-7-5-11(9-21)6-8-12/h5-8H,1-4,10H2,(H,22,25). The molecule has 0 fully saturated rings. The molecule has 0 saturated carbocycles. The van der Waals surface area contributed by atoms with Gasteiger partial charge in [-0.1, -0.05) is 0 Å². The largest absolute Gasteiger partial charge is 0.435 e. The summed E-state index contributed by atoms with van der Waals surface area (Å²) < 4.78 is 40.6. The van der Waals surface area contributed by atoms with Crippen molar-refractivity contribution in [3.05, 3.63) is 46.8 Å². The Morgan fingerprint density at radius 3 is 2.56 bits per heavy atom. The number of nitriles is 1. The Labute approximate surface area is 142 Å². The van der Waals surface area contributed by atoms with Gasteiger partial charge in [0.15, 0.2) is 5.69 Å². The van der Waals surface area contributed by atoms with Crippen LogP contribution in [-0.2, 0) is 30.4 Å². The summed E-state index contributed by atoms with van der Waals surface area (Å²) in [7, 11) is 0. The van der Waals surface area contributed by atoms with Crippen molar-refractivity contribution in [1.29, 1.82) is 5.26 Å². The minimum atomic E-state index is -4.52. The van der Waals surface area contributed by atoms with Crippen LogP contribution in [0.25, 0.3) is 0 Å². The lowest BCUT2D eigenvalue weighted by molar-refractivity contribution is -0.142. The van der Waals surface area contributed by atoms with E-state index in [1.807, 2.05) is 6.07 Å². The highest BCUT2D eigenvalue weighted by Crippen LogP contribution is 2.35. The molecule has 0 saturated heterocycles. The zero-order valence-electron chi connectivity index (χ0n) is 13.2. The van der Waals surface area contributed by atoms with Gasteiger partial charge in [0.2, 0.25) is 5.91 Å². The van der Waals surface area contributed by atoms with Gasteiger partial charge in [-0.05, 0) is 49.9 Å². The summed E-state index contributed by atoms with van der Waals surface area (Å²) in [5.74, 6) is -0.464. The molecule has 1 aromatic heterocycles. The third-order valence-electron chi connectivity index (χ3n) is 4.12. The molecule has 2 aromatic rings. The Morgan fingerprint density at radius 1 is 1.24 bits per heavy atom. The highest BCUT2D eigenvalue weighted by molar-refractivity contribution is 5.90. The monoisotopic (exact) mass is 348 g/mol. The lowest BCUT2D eigenvalue weighted by atomic mass is 9.95. The molecule has 1 amide bonds. The number of benzene rings is 1. The van der Waals surface area contributed by atoms with Crippen LogP contribution in [0.1, 0.15) is 35.4 Å². The Hall–Kier alpha value is -2.82. The quantitative estimate of drug-likeness (QED) is 0.925. The first-order valence-electron chi connectivity index (χ1n) is 7.84. The van der Waals surface area contributed by atoms with Crippen LogP contribution in [0.15, 0.2) is 24.3 Å². The van der Waals surface area contributed by atoms with Gasteiger partial charge in [-0.25, -0.2) is 0 Å². The Morgan fingerprint density at radius 2 is 1.92 bits per heavy atom. The molecule has 3 rings (SSSR count). The van der Waals surface area contributed by atoms with E-state index in [9.17, 15) is 18.0 Å². The van der Waals surface area contributed by atoms with Crippen molar-refractivity contribution in [2.45, 2.75) is 38.4 Å². The number of aromatic nitrogens is 2. The molecule has 1 aliphatic carbocycles. The summed E-state index contributed by atoms with van der Waals surface area (Å²) >= 11 is 0. The number of nitrogens with one attached hydrogen (secondary N) is 1. The lowest BCUT2D eigenvalue weighted by Crippen LogP contribution is -2.21. The molecule has 130 valence electrons. The molecule has 1 aromatic carbocycles. The molecule has 0 atom stereocenters. The van der Waals surface area contributed by atoms with E-state index in [4.69, 9.17) is 5.26 Å². The SMILES string of the molecule is N#Cc1ccc(NC(=O)Cn2nc(C(F)(F)F)c3c2CCCC3)cc1. The van der Waals surface area contributed by atoms with E-state index in [1.54, 1.807) is 24.3 Å². The molecule has 0 spiro atoms. The van der Waals surface area contributed by atoms with E-state index >= 15 is 0 Å². The van der Waals surface area contributed by atoms with Crippen LogP contribution in [0, 0.1) is 11.3 Å². The number of hydrogen-bond acceptors (Lipinski definition) is 3. The minimum absolute atomic E-state index is 0.213. The highest BCUT2D eigenvalue weighted by Gasteiger charge is 2.39. The Balaban J connectivity index is 1.79. The van der Waals surface area contributed by atoms with Crippen molar-refractivity contribution in [3.63, 3.8) is 0 Å². The van der Waals surface area contributed by atoms with Crippen LogP contribution in [-0.4, -0.2) is 15.7 Å². The summed E-state index contributed by atoms with van der Waals surface area (Å²) in [6.07, 6.45) is -2.22. The number of fused-ring (bicyclic) bond motifs is 1. The smallest absolute Gasteiger partial charge is 0.324 e. The molecule has 1 heterocycles. The molecule has 5 nitrogen and oxygen atoms in total. The van der Waals surface area contributed by atoms with E-state index in [1.165, 1.54) is 0 Å². The van der Waals surface area contributed by atoms with Crippen LogP contribution in [0.5, 0.6) is 0 Å². The Bertz CT molecular complexity index is 831. The van der Waals surface area contributed by atoms with Gasteiger partial charge >= 0.3 is 6.18 Å². The molecular weight excluding hydrogens is 333 g/mol. The van der Waals surface area contributed by atoms with Gasteiger partial charge < -0.3 is 5.32 Å². The van der Waals surface area contributed by atoms with Gasteiger partial charge in [-0.3, -0.25) is 9.48 Å². The maximum Gasteiger partial charge on any atom is 0.435 e. The summed E-state index contributed by atoms with van der Waals surface area (Å²) in [5.41, 5.74) is 0.752. The fourth-order valence-electron chi connectivity index (χ4n) is 2.99. The number of anilines is 1. The van der Waals surface area contributed by atoms with Crippen LogP contribution < -0.4 is 5.32 Å². The van der Waals surface area contributed by atoms with Gasteiger partial charge in [0.1, 0.15) is 6.54 Å². The summed E-state index contributed by atoms with van der Waals surface area (Å²) in [6, 6.07) is 8.19. The van der Waals surface area contributed by atoms with Crippen LogP contribution in [0.3, 0.4) is 0 Å². The number of nitrogens with zero attached hydrogens (tertiary/aromatic N) is 3. The number of hydrogen-bond donors (Lipinski definition) is 1. The average Bonchev–Trinajstić information content (AvgIpc) is 2.94. The van der Waals surface area contributed by atoms with E-state index in [0.717, 1.165) is 11.1 Å². The second-order valence-corrected chi connectivity index (χ2v) is 5.87. The first-order chi connectivity index (χ1) is 11.9. The predicted octanol–water partition coefficient (Wildman–Crippen LogP) is 3.29. The zero-order chi connectivity index (χ0) is 18.0. The predicted molar refractivity (Wildman–Crippen MR) is 83.7 cm³/mol. The van der Waals surface area contributed by atoms with E-state index < -0.39 is 17.8 Å². The topological polar surface area (TPSA) is 70.7 Å². The molecule has 25 heavy (non-hydrogen) atoms. The molecule has 8 heteroatoms. The summed E-state index contributed by atoms with van der Waals surface area (Å²) in [4.78, 5) is 12.2. The number of halogens is 3. The molecule has 0 bridgehead atoms. The van der Waals surface area contributed by atoms with Gasteiger partial charge in [-0.15, -0.1) is 0 Å². The van der Waals surface area contributed by atoms with E-state index in [-0.39, 0.29) is 12.1 Å². The zero-order valence-corrected chi connectivity index (χ0v) is 13.2. The third-order valence-corrected chi connectivity index (χ3v) is 4.12. The normalized spacial score (nSPS) is 13.8. The maximum absolute atomic E-state index is 13.1. The van der Waals surface area contributed by atoms with Crippen molar-refractivity contribution in [1.82, 2.24) is 9.78 Å². The summed E-state index contributed by atoms with van der Waals surface area (Å²) in [6.45, 7) is -0.279. The van der Waals surface area contributed by atoms with Crippen molar-refractivity contribution in [2.75, 3.05) is 5.32 Å². The van der Waals surface area contributed by atoms with E-state index in [2.05, 4.69) is 10.4 Å². The first kappa shape index (κ1) is 17.0. The molecule has 1 N–H and O–H groups in total. The van der Waals surface area contributed by atoms with Gasteiger partial charge in [0.25, 0.3) is 0 Å². The van der Waals surface area contributed by atoms with Gasteiger partial charge in [0.05, 0.1) is 11.6 Å². The molecule has 0 radical (unpaired) electrons. The van der Waals surface area contributed by atoms with Gasteiger partial charge in [0, 0.05) is 16.9 Å². The molecule has 0 aliphatic heterocycles. The van der Waals surface area contributed by atoms with Crippen LogP contribution >= 0.6 is 0 Å². The second kappa shape index (κ2) is 6.59. The third kappa shape index (κ3) is 3.65. The average molecular weight is 348 g/mol. The minimum Gasteiger partial charge on any atom is -0.324 e. The van der Waals surface area contributed by atoms with Gasteiger partial charge in [-0.2, -0.15) is 23.5 Å². The summed E-state index contributed by atoms with van der Waals surface area (Å²) in [5, 5.41) is 15.0. The second-order valence-electron chi connectivity index (χ2n) is 5.87. The number of amides is 1. The van der Waals surface area contributed by atoms with E-state index in [0.29, 0.717) is 36.2 Å². The number of carbonyl (C=O) groups excluding carboxylic acids is 1. The van der Waals surface area contributed by atoms with Crippen molar-refractivity contribution >= 4 is 11.6 Å². The fraction of sp³-hybridized carbons (Fsp3) is 0.353. The van der Waals surface area contributed by atoms with Crippen molar-refractivity contribution in [2.24, 2.45) is 0 Å². The Kier molecular flexibility index (Phi) is 4.49. The number of rotatable bonds is 3. The molecular formula is C17H15F3N4O. The number of alkyl halides is 3. The first-order valence-corrected chi connectivity index (χ1v) is 7.84. The maximum atomic E-state index is 13.1. The van der Waals surface area contributed by atoms with Crippen molar-refractivity contribution < 1.29 is 18.0 Å². The van der Waals surface area contributed by atoms with Crippen LogP contribution in [0.2, 0.25) is 0 Å².